The smallest absolute Gasteiger partial charge is 0.321 e. The molecule has 1 saturated heterocycles. The lowest BCUT2D eigenvalue weighted by Gasteiger charge is -2.24. The monoisotopic (exact) mass is 319 g/mol. The Labute approximate surface area is 137 Å². The summed E-state index contributed by atoms with van der Waals surface area (Å²) in [6, 6.07) is 9.54. The van der Waals surface area contributed by atoms with Crippen molar-refractivity contribution in [1.82, 2.24) is 15.5 Å². The minimum Gasteiger partial charge on any atom is -0.377 e. The molecule has 1 unspecified atom stereocenters. The third-order valence-electron chi connectivity index (χ3n) is 3.69. The normalized spacial score (nSPS) is 17.2. The lowest BCUT2D eigenvalue weighted by molar-refractivity contribution is -0.121. The van der Waals surface area contributed by atoms with E-state index >= 15 is 0 Å². The predicted octanol–water partition coefficient (Wildman–Crippen LogP) is 1.51. The lowest BCUT2D eigenvalue weighted by atomic mass is 10.2. The highest BCUT2D eigenvalue weighted by molar-refractivity contribution is 5.95. The van der Waals surface area contributed by atoms with Crippen LogP contribution in [0, 0.1) is 0 Å². The van der Waals surface area contributed by atoms with Crippen LogP contribution in [-0.4, -0.2) is 49.2 Å². The molecule has 0 aliphatic carbocycles. The summed E-state index contributed by atoms with van der Waals surface area (Å²) in [6.45, 7) is 4.61. The molecule has 126 valence electrons. The summed E-state index contributed by atoms with van der Waals surface area (Å²) in [6.07, 6.45) is 2.24. The van der Waals surface area contributed by atoms with E-state index in [-0.39, 0.29) is 18.6 Å². The van der Waals surface area contributed by atoms with Crippen molar-refractivity contribution in [1.29, 1.82) is 0 Å². The van der Waals surface area contributed by atoms with Crippen molar-refractivity contribution in [2.45, 2.75) is 32.4 Å². The molecule has 1 aromatic rings. The zero-order chi connectivity index (χ0) is 16.5. The van der Waals surface area contributed by atoms with Crippen molar-refractivity contribution in [3.8, 4) is 0 Å². The number of ether oxygens (including phenoxy) is 1. The Kier molecular flexibility index (Phi) is 7.03. The Morgan fingerprint density at radius 2 is 2.09 bits per heavy atom. The zero-order valence-corrected chi connectivity index (χ0v) is 13.6. The van der Waals surface area contributed by atoms with Crippen LogP contribution in [-0.2, 0) is 16.1 Å². The highest BCUT2D eigenvalue weighted by Gasteiger charge is 2.21. The van der Waals surface area contributed by atoms with E-state index in [1.807, 2.05) is 42.2 Å². The van der Waals surface area contributed by atoms with Gasteiger partial charge in [-0.15, -0.1) is 0 Å². The molecule has 1 aromatic carbocycles. The van der Waals surface area contributed by atoms with Gasteiger partial charge in [0.1, 0.15) is 0 Å². The number of carbonyl (C=O) groups excluding carboxylic acids is 2. The number of urea groups is 1. The Balaban J connectivity index is 1.91. The minimum atomic E-state index is -0.450. The number of amides is 3. The average Bonchev–Trinajstić information content (AvgIpc) is 3.01. The highest BCUT2D eigenvalue weighted by atomic mass is 16.5. The molecule has 1 atom stereocenters. The van der Waals surface area contributed by atoms with Crippen molar-refractivity contribution in [3.63, 3.8) is 0 Å². The SMILES string of the molecule is CCNC(=O)NC(=O)CN(Cc1ccccc1)CC1CCCO1. The molecular weight excluding hydrogens is 294 g/mol. The Bertz CT molecular complexity index is 501. The first kappa shape index (κ1) is 17.4. The van der Waals surface area contributed by atoms with Gasteiger partial charge in [0, 0.05) is 26.2 Å². The summed E-state index contributed by atoms with van der Waals surface area (Å²) in [7, 11) is 0. The van der Waals surface area contributed by atoms with Gasteiger partial charge >= 0.3 is 6.03 Å². The Morgan fingerprint density at radius 1 is 1.30 bits per heavy atom. The largest absolute Gasteiger partial charge is 0.377 e. The number of benzene rings is 1. The Morgan fingerprint density at radius 3 is 2.74 bits per heavy atom. The maximum Gasteiger partial charge on any atom is 0.321 e. The summed E-state index contributed by atoms with van der Waals surface area (Å²) in [5, 5.41) is 4.91. The van der Waals surface area contributed by atoms with E-state index in [2.05, 4.69) is 10.6 Å². The van der Waals surface area contributed by atoms with Crippen molar-refractivity contribution in [2.75, 3.05) is 26.2 Å². The van der Waals surface area contributed by atoms with Gasteiger partial charge in [0.2, 0.25) is 5.91 Å². The number of nitrogens with one attached hydrogen (secondary N) is 2. The van der Waals surface area contributed by atoms with Gasteiger partial charge < -0.3 is 10.1 Å². The van der Waals surface area contributed by atoms with Gasteiger partial charge in [-0.3, -0.25) is 15.0 Å². The first-order valence-corrected chi connectivity index (χ1v) is 8.13. The third kappa shape index (κ3) is 6.38. The highest BCUT2D eigenvalue weighted by Crippen LogP contribution is 2.15. The van der Waals surface area contributed by atoms with Crippen LogP contribution in [0.3, 0.4) is 0 Å². The van der Waals surface area contributed by atoms with E-state index in [0.29, 0.717) is 19.6 Å². The van der Waals surface area contributed by atoms with Gasteiger partial charge in [0.15, 0.2) is 0 Å². The molecule has 0 bridgehead atoms. The predicted molar refractivity (Wildman–Crippen MR) is 87.9 cm³/mol. The number of hydrogen-bond acceptors (Lipinski definition) is 4. The fourth-order valence-electron chi connectivity index (χ4n) is 2.68. The van der Waals surface area contributed by atoms with Crippen LogP contribution in [0.15, 0.2) is 30.3 Å². The van der Waals surface area contributed by atoms with Crippen LogP contribution >= 0.6 is 0 Å². The molecule has 1 aliphatic heterocycles. The molecule has 2 rings (SSSR count). The molecule has 0 saturated carbocycles. The topological polar surface area (TPSA) is 70.7 Å². The van der Waals surface area contributed by atoms with Crippen LogP contribution in [0.1, 0.15) is 25.3 Å². The molecule has 2 N–H and O–H groups in total. The van der Waals surface area contributed by atoms with Gasteiger partial charge in [-0.25, -0.2) is 4.79 Å². The molecule has 6 nitrogen and oxygen atoms in total. The minimum absolute atomic E-state index is 0.163. The molecule has 0 aromatic heterocycles. The van der Waals surface area contributed by atoms with E-state index in [1.165, 1.54) is 0 Å². The maximum absolute atomic E-state index is 12.0. The molecule has 6 heteroatoms. The van der Waals surface area contributed by atoms with Crippen LogP contribution in [0.4, 0.5) is 4.79 Å². The zero-order valence-electron chi connectivity index (χ0n) is 13.6. The average molecular weight is 319 g/mol. The Hall–Kier alpha value is -1.92. The molecule has 1 fully saturated rings. The van der Waals surface area contributed by atoms with Crippen molar-refractivity contribution < 1.29 is 14.3 Å². The van der Waals surface area contributed by atoms with Crippen LogP contribution in [0.2, 0.25) is 0 Å². The molecule has 1 heterocycles. The molecule has 3 amide bonds. The summed E-state index contributed by atoms with van der Waals surface area (Å²) in [4.78, 5) is 25.5. The van der Waals surface area contributed by atoms with E-state index < -0.39 is 6.03 Å². The number of carbonyl (C=O) groups is 2. The van der Waals surface area contributed by atoms with Gasteiger partial charge in [0.25, 0.3) is 0 Å². The van der Waals surface area contributed by atoms with Gasteiger partial charge in [0.05, 0.1) is 12.6 Å². The second-order valence-electron chi connectivity index (χ2n) is 5.70. The van der Waals surface area contributed by atoms with Gasteiger partial charge in [-0.2, -0.15) is 0 Å². The van der Waals surface area contributed by atoms with Gasteiger partial charge in [-0.05, 0) is 25.3 Å². The first-order chi connectivity index (χ1) is 11.2. The first-order valence-electron chi connectivity index (χ1n) is 8.13. The molecule has 0 radical (unpaired) electrons. The van der Waals surface area contributed by atoms with Gasteiger partial charge in [-0.1, -0.05) is 30.3 Å². The van der Waals surface area contributed by atoms with Crippen LogP contribution in [0.5, 0.6) is 0 Å². The van der Waals surface area contributed by atoms with E-state index in [9.17, 15) is 9.59 Å². The fraction of sp³-hybridized carbons (Fsp3) is 0.529. The van der Waals surface area contributed by atoms with Crippen molar-refractivity contribution in [3.05, 3.63) is 35.9 Å². The molecular formula is C17H25N3O3. The van der Waals surface area contributed by atoms with Crippen LogP contribution < -0.4 is 10.6 Å². The second-order valence-corrected chi connectivity index (χ2v) is 5.70. The van der Waals surface area contributed by atoms with E-state index in [0.717, 1.165) is 25.0 Å². The second kappa shape index (κ2) is 9.27. The number of nitrogens with zero attached hydrogens (tertiary/aromatic N) is 1. The number of hydrogen-bond donors (Lipinski definition) is 2. The lowest BCUT2D eigenvalue weighted by Crippen LogP contribution is -2.45. The molecule has 23 heavy (non-hydrogen) atoms. The fourth-order valence-corrected chi connectivity index (χ4v) is 2.68. The summed E-state index contributed by atoms with van der Waals surface area (Å²) in [5.74, 6) is -0.301. The number of rotatable bonds is 7. The van der Waals surface area contributed by atoms with Crippen molar-refractivity contribution >= 4 is 11.9 Å². The standard InChI is InChI=1S/C17H25N3O3/c1-2-18-17(22)19-16(21)13-20(12-15-9-6-10-23-15)11-14-7-4-3-5-8-14/h3-5,7-8,15H,2,6,9-13H2,1H3,(H2,18,19,21,22). The van der Waals surface area contributed by atoms with Crippen molar-refractivity contribution in [2.24, 2.45) is 0 Å². The number of imide groups is 1. The maximum atomic E-state index is 12.0. The van der Waals surface area contributed by atoms with E-state index in [4.69, 9.17) is 4.74 Å². The quantitative estimate of drug-likeness (QED) is 0.799. The summed E-state index contributed by atoms with van der Waals surface area (Å²) in [5.41, 5.74) is 1.14. The van der Waals surface area contributed by atoms with E-state index in [1.54, 1.807) is 0 Å². The third-order valence-corrected chi connectivity index (χ3v) is 3.69. The molecule has 1 aliphatic rings. The summed E-state index contributed by atoms with van der Waals surface area (Å²) < 4.78 is 5.67. The summed E-state index contributed by atoms with van der Waals surface area (Å²) >= 11 is 0. The molecule has 0 spiro atoms. The van der Waals surface area contributed by atoms with Crippen LogP contribution in [0.25, 0.3) is 0 Å².